The fourth-order valence-electron chi connectivity index (χ4n) is 1.16. The quantitative estimate of drug-likeness (QED) is 0.456. The van der Waals surface area contributed by atoms with Crippen LogP contribution in [0.5, 0.6) is 0 Å². The molecule has 1 aromatic carbocycles. The molecule has 0 aliphatic carbocycles. The van der Waals surface area contributed by atoms with E-state index in [1.165, 1.54) is 0 Å². The molecule has 0 saturated carbocycles. The Kier molecular flexibility index (Phi) is 3.69. The average molecular weight is 214 g/mol. The normalized spacial score (nSPS) is 14.8. The summed E-state index contributed by atoms with van der Waals surface area (Å²) in [4.78, 5) is 9.59. The Bertz CT molecular complexity index is 329. The van der Waals surface area contributed by atoms with Crippen LogP contribution in [0.4, 0.5) is 5.69 Å². The van der Waals surface area contributed by atoms with Crippen molar-refractivity contribution < 1.29 is 9.46 Å². The second-order valence-electron chi connectivity index (χ2n) is 3.07. The van der Waals surface area contributed by atoms with Gasteiger partial charge in [-0.2, -0.15) is 0 Å². The molecule has 14 heavy (non-hydrogen) atoms. The molecule has 3 N–H and O–H groups in total. The molecule has 0 aromatic heterocycles. The van der Waals surface area contributed by atoms with Crippen LogP contribution in [0.2, 0.25) is 0 Å². The molecule has 1 unspecified atom stereocenters. The third kappa shape index (κ3) is 2.58. The molecule has 1 atom stereocenters. The first-order valence-electron chi connectivity index (χ1n) is 4.50. The number of hydrogen-bond acceptors (Lipinski definition) is 2. The van der Waals surface area contributed by atoms with Gasteiger partial charge in [0.05, 0.1) is 5.69 Å². The number of nitrogens with two attached hydrogens (primary N) is 1. The summed E-state index contributed by atoms with van der Waals surface area (Å²) in [5.74, 6) is 5.58. The Morgan fingerprint density at radius 3 is 2.50 bits per heavy atom. The van der Waals surface area contributed by atoms with E-state index in [2.05, 4.69) is 0 Å². The van der Waals surface area contributed by atoms with E-state index in [0.717, 1.165) is 4.78 Å². The summed E-state index contributed by atoms with van der Waals surface area (Å²) >= 11 is 0. The molecule has 1 rings (SSSR count). The maximum absolute atomic E-state index is 11.7. The fourth-order valence-corrected chi connectivity index (χ4v) is 2.45. The minimum absolute atomic E-state index is 0.207. The highest BCUT2D eigenvalue weighted by molar-refractivity contribution is 7.59. The SMILES string of the molecule is CCCP(=O)(O)N(N)c1ccccc1. The van der Waals surface area contributed by atoms with Crippen LogP contribution in [-0.2, 0) is 4.57 Å². The summed E-state index contributed by atoms with van der Waals surface area (Å²) in [5.41, 5.74) is 0.562. The summed E-state index contributed by atoms with van der Waals surface area (Å²) in [6, 6.07) is 8.80. The largest absolute Gasteiger partial charge is 0.328 e. The minimum atomic E-state index is -3.39. The van der Waals surface area contributed by atoms with E-state index in [1.807, 2.05) is 13.0 Å². The molecule has 5 heteroatoms. The van der Waals surface area contributed by atoms with Gasteiger partial charge in [-0.05, 0) is 18.6 Å². The molecule has 0 bridgehead atoms. The van der Waals surface area contributed by atoms with E-state index in [9.17, 15) is 9.46 Å². The van der Waals surface area contributed by atoms with Crippen molar-refractivity contribution in [1.29, 1.82) is 0 Å². The molecule has 0 fully saturated rings. The number of hydrogen-bond donors (Lipinski definition) is 2. The summed E-state index contributed by atoms with van der Waals surface area (Å²) in [7, 11) is -3.39. The molecule has 0 aliphatic heterocycles. The van der Waals surface area contributed by atoms with Crippen molar-refractivity contribution in [3.63, 3.8) is 0 Å². The average Bonchev–Trinajstić information content (AvgIpc) is 2.18. The van der Waals surface area contributed by atoms with Gasteiger partial charge in [-0.25, -0.2) is 10.6 Å². The summed E-state index contributed by atoms with van der Waals surface area (Å²) < 4.78 is 12.6. The molecule has 4 nitrogen and oxygen atoms in total. The van der Waals surface area contributed by atoms with Crippen molar-refractivity contribution in [2.24, 2.45) is 5.84 Å². The van der Waals surface area contributed by atoms with E-state index >= 15 is 0 Å². The first-order chi connectivity index (χ1) is 6.58. The number of para-hydroxylation sites is 1. The molecule has 0 saturated heterocycles. The van der Waals surface area contributed by atoms with Crippen molar-refractivity contribution in [1.82, 2.24) is 0 Å². The van der Waals surface area contributed by atoms with Gasteiger partial charge in [0.25, 0.3) is 0 Å². The second kappa shape index (κ2) is 4.60. The number of hydrazine groups is 1. The Hall–Kier alpha value is -0.830. The van der Waals surface area contributed by atoms with Crippen LogP contribution < -0.4 is 10.6 Å². The van der Waals surface area contributed by atoms with Crippen molar-refractivity contribution >= 4 is 13.2 Å². The topological polar surface area (TPSA) is 66.6 Å². The summed E-state index contributed by atoms with van der Waals surface area (Å²) in [6.07, 6.45) is 0.840. The number of benzene rings is 1. The van der Waals surface area contributed by atoms with E-state index < -0.39 is 7.52 Å². The van der Waals surface area contributed by atoms with Gasteiger partial charge in [-0.3, -0.25) is 4.57 Å². The molecule has 0 spiro atoms. The molecule has 78 valence electrons. The van der Waals surface area contributed by atoms with Crippen LogP contribution in [0.1, 0.15) is 13.3 Å². The molecule has 1 aromatic rings. The zero-order valence-corrected chi connectivity index (χ0v) is 9.02. The first-order valence-corrected chi connectivity index (χ1v) is 6.30. The van der Waals surface area contributed by atoms with Crippen LogP contribution in [0.3, 0.4) is 0 Å². The van der Waals surface area contributed by atoms with Gasteiger partial charge in [-0.15, -0.1) is 0 Å². The highest BCUT2D eigenvalue weighted by Gasteiger charge is 2.24. The maximum Gasteiger partial charge on any atom is 0.307 e. The van der Waals surface area contributed by atoms with Gasteiger partial charge in [-0.1, -0.05) is 25.1 Å². The molecule has 0 amide bonds. The molecular weight excluding hydrogens is 199 g/mol. The zero-order chi connectivity index (χ0) is 10.6. The van der Waals surface area contributed by atoms with Crippen molar-refractivity contribution in [2.45, 2.75) is 13.3 Å². The minimum Gasteiger partial charge on any atom is -0.328 e. The highest BCUT2D eigenvalue weighted by atomic mass is 31.2. The lowest BCUT2D eigenvalue weighted by Gasteiger charge is -2.23. The fraction of sp³-hybridized carbons (Fsp3) is 0.333. The smallest absolute Gasteiger partial charge is 0.307 e. The van der Waals surface area contributed by atoms with Gasteiger partial charge in [0.2, 0.25) is 0 Å². The van der Waals surface area contributed by atoms with Crippen LogP contribution in [0.15, 0.2) is 30.3 Å². The molecule has 0 heterocycles. The third-order valence-corrected chi connectivity index (χ3v) is 3.81. The van der Waals surface area contributed by atoms with Crippen LogP contribution in [-0.4, -0.2) is 11.1 Å². The zero-order valence-electron chi connectivity index (χ0n) is 8.13. The summed E-state index contributed by atoms with van der Waals surface area (Å²) in [6.45, 7) is 1.85. The number of rotatable bonds is 4. The highest BCUT2D eigenvalue weighted by Crippen LogP contribution is 2.45. The Labute approximate surface area is 83.8 Å². The van der Waals surface area contributed by atoms with E-state index in [-0.39, 0.29) is 6.16 Å². The lowest BCUT2D eigenvalue weighted by atomic mass is 10.3. The van der Waals surface area contributed by atoms with Crippen molar-refractivity contribution in [3.05, 3.63) is 30.3 Å². The second-order valence-corrected chi connectivity index (χ2v) is 5.28. The maximum atomic E-state index is 11.7. The van der Waals surface area contributed by atoms with Gasteiger partial charge >= 0.3 is 7.52 Å². The third-order valence-electron chi connectivity index (χ3n) is 1.87. The first kappa shape index (κ1) is 11.2. The van der Waals surface area contributed by atoms with Crippen LogP contribution >= 0.6 is 7.52 Å². The van der Waals surface area contributed by atoms with Crippen molar-refractivity contribution in [3.8, 4) is 0 Å². The standard InChI is InChI=1S/C9H15N2O2P/c1-2-8-14(12,13)11(10)9-6-4-3-5-7-9/h3-7H,2,8,10H2,1H3,(H,12,13). The Balaban J connectivity index is 2.85. The lowest BCUT2D eigenvalue weighted by Crippen LogP contribution is -2.28. The summed E-state index contributed by atoms with van der Waals surface area (Å²) in [5, 5.41) is 0. The Morgan fingerprint density at radius 1 is 1.43 bits per heavy atom. The number of anilines is 1. The molecule has 0 radical (unpaired) electrons. The van der Waals surface area contributed by atoms with E-state index in [1.54, 1.807) is 24.3 Å². The molecule has 0 aliphatic rings. The van der Waals surface area contributed by atoms with Gasteiger partial charge in [0, 0.05) is 6.16 Å². The van der Waals surface area contributed by atoms with E-state index in [4.69, 9.17) is 5.84 Å². The van der Waals surface area contributed by atoms with Crippen molar-refractivity contribution in [2.75, 3.05) is 10.9 Å². The van der Waals surface area contributed by atoms with Gasteiger partial charge in [0.15, 0.2) is 0 Å². The van der Waals surface area contributed by atoms with E-state index in [0.29, 0.717) is 12.1 Å². The van der Waals surface area contributed by atoms with Crippen LogP contribution in [0, 0.1) is 0 Å². The van der Waals surface area contributed by atoms with Gasteiger partial charge < -0.3 is 4.89 Å². The lowest BCUT2D eigenvalue weighted by molar-refractivity contribution is 0.472. The van der Waals surface area contributed by atoms with Gasteiger partial charge in [0.1, 0.15) is 0 Å². The predicted molar refractivity (Wildman–Crippen MR) is 58.1 cm³/mol. The molecular formula is C9H15N2O2P. The van der Waals surface area contributed by atoms with Crippen LogP contribution in [0.25, 0.3) is 0 Å². The predicted octanol–water partition coefficient (Wildman–Crippen LogP) is 1.96. The Morgan fingerprint density at radius 2 is 2.00 bits per heavy atom. The monoisotopic (exact) mass is 214 g/mol. The number of nitrogens with zero attached hydrogens (tertiary/aromatic N) is 1.